The van der Waals surface area contributed by atoms with E-state index < -0.39 is 0 Å². The molecule has 2 aromatic carbocycles. The van der Waals surface area contributed by atoms with Crippen LogP contribution in [0.4, 0.5) is 0 Å². The first-order valence-electron chi connectivity index (χ1n) is 10.1. The number of aromatic nitrogens is 2. The molecule has 6 heteroatoms. The van der Waals surface area contributed by atoms with Crippen LogP contribution >= 0.6 is 11.3 Å². The molecule has 1 amide bonds. The number of carbonyl (C=O) groups excluding carboxylic acids is 1. The van der Waals surface area contributed by atoms with Gasteiger partial charge in [-0.15, -0.1) is 11.3 Å². The van der Waals surface area contributed by atoms with Crippen molar-refractivity contribution in [2.24, 2.45) is 0 Å². The molecule has 5 nitrogen and oxygen atoms in total. The third-order valence-corrected chi connectivity index (χ3v) is 5.74. The molecule has 30 heavy (non-hydrogen) atoms. The van der Waals surface area contributed by atoms with Crippen LogP contribution in [0.3, 0.4) is 0 Å². The third-order valence-electron chi connectivity index (χ3n) is 4.88. The first kappa shape index (κ1) is 20.2. The van der Waals surface area contributed by atoms with Gasteiger partial charge in [0.05, 0.1) is 29.1 Å². The Morgan fingerprint density at radius 3 is 2.67 bits per heavy atom. The Kier molecular flexibility index (Phi) is 6.14. The number of thiophene rings is 1. The van der Waals surface area contributed by atoms with Gasteiger partial charge in [0.1, 0.15) is 11.6 Å². The number of nitrogens with zero attached hydrogens (tertiary/aromatic N) is 2. The topological polar surface area (TPSA) is 56.1 Å². The lowest BCUT2D eigenvalue weighted by molar-refractivity contribution is 0.0953. The first-order valence-corrected chi connectivity index (χ1v) is 10.9. The van der Waals surface area contributed by atoms with E-state index in [0.717, 1.165) is 35.6 Å². The summed E-state index contributed by atoms with van der Waals surface area (Å²) in [6.07, 6.45) is 0.846. The smallest absolute Gasteiger partial charge is 0.261 e. The predicted molar refractivity (Wildman–Crippen MR) is 121 cm³/mol. The minimum absolute atomic E-state index is 0.0678. The van der Waals surface area contributed by atoms with Gasteiger partial charge in [-0.1, -0.05) is 24.3 Å². The molecule has 0 aliphatic rings. The number of nitrogens with one attached hydrogen (secondary N) is 1. The van der Waals surface area contributed by atoms with Crippen LogP contribution in [0.15, 0.2) is 60.0 Å². The molecule has 1 N–H and O–H groups in total. The molecular weight excluding hydrogens is 394 g/mol. The molecule has 0 unspecified atom stereocenters. The fourth-order valence-corrected chi connectivity index (χ4v) is 4.23. The van der Waals surface area contributed by atoms with Crippen molar-refractivity contribution in [2.75, 3.05) is 6.61 Å². The quantitative estimate of drug-likeness (QED) is 0.404. The molecular formula is C24H25N3O2S. The summed E-state index contributed by atoms with van der Waals surface area (Å²) in [5.74, 6) is 1.70. The molecule has 0 saturated carbocycles. The van der Waals surface area contributed by atoms with Gasteiger partial charge in [0, 0.05) is 6.54 Å². The Morgan fingerprint density at radius 1 is 1.10 bits per heavy atom. The summed E-state index contributed by atoms with van der Waals surface area (Å²) < 4.78 is 8.14. The van der Waals surface area contributed by atoms with E-state index in [1.165, 1.54) is 22.5 Å². The number of hydrogen-bond acceptors (Lipinski definition) is 4. The van der Waals surface area contributed by atoms with Gasteiger partial charge >= 0.3 is 0 Å². The lowest BCUT2D eigenvalue weighted by atomic mass is 10.1. The summed E-state index contributed by atoms with van der Waals surface area (Å²) >= 11 is 1.44. The third kappa shape index (κ3) is 4.71. The number of fused-ring (bicyclic) bond motifs is 1. The van der Waals surface area contributed by atoms with E-state index in [9.17, 15) is 4.79 Å². The monoisotopic (exact) mass is 419 g/mol. The molecule has 0 aliphatic heterocycles. The van der Waals surface area contributed by atoms with Gasteiger partial charge in [-0.05, 0) is 67.1 Å². The second-order valence-electron chi connectivity index (χ2n) is 7.35. The Labute approximate surface area is 180 Å². The minimum atomic E-state index is -0.0678. The number of aryl methyl sites for hydroxylation is 3. The molecule has 0 bridgehead atoms. The second kappa shape index (κ2) is 9.13. The molecule has 4 aromatic rings. The van der Waals surface area contributed by atoms with E-state index in [-0.39, 0.29) is 5.91 Å². The van der Waals surface area contributed by atoms with E-state index >= 15 is 0 Å². The van der Waals surface area contributed by atoms with Gasteiger partial charge in [-0.2, -0.15) is 0 Å². The number of amides is 1. The summed E-state index contributed by atoms with van der Waals surface area (Å²) in [4.78, 5) is 17.8. The molecule has 0 spiro atoms. The number of imidazole rings is 1. The molecule has 0 radical (unpaired) electrons. The van der Waals surface area contributed by atoms with E-state index in [2.05, 4.69) is 48.0 Å². The van der Waals surface area contributed by atoms with Crippen LogP contribution in [0.25, 0.3) is 11.0 Å². The molecule has 154 valence electrons. The zero-order valence-corrected chi connectivity index (χ0v) is 18.0. The van der Waals surface area contributed by atoms with Crippen LogP contribution in [0.1, 0.15) is 33.0 Å². The minimum Gasteiger partial charge on any atom is -0.494 e. The normalized spacial score (nSPS) is 11.0. The summed E-state index contributed by atoms with van der Waals surface area (Å²) in [7, 11) is 0. The standard InChI is InChI=1S/C24H25N3O2S/c1-17-13-18(2)15-19(14-17)29-11-6-10-27-21-8-4-3-7-20(21)26-23(27)16-25-24(28)22-9-5-12-30-22/h3-5,7-9,12-15H,6,10-11,16H2,1-2H3,(H,25,28). The van der Waals surface area contributed by atoms with Crippen molar-refractivity contribution in [2.45, 2.75) is 33.4 Å². The van der Waals surface area contributed by atoms with Crippen LogP contribution < -0.4 is 10.1 Å². The SMILES string of the molecule is Cc1cc(C)cc(OCCCn2c(CNC(=O)c3cccs3)nc3ccccc32)c1. The van der Waals surface area contributed by atoms with Crippen LogP contribution in [-0.2, 0) is 13.1 Å². The van der Waals surface area contributed by atoms with Crippen LogP contribution in [0.2, 0.25) is 0 Å². The van der Waals surface area contributed by atoms with Crippen molar-refractivity contribution in [3.8, 4) is 5.75 Å². The summed E-state index contributed by atoms with van der Waals surface area (Å²) in [6, 6.07) is 18.0. The Morgan fingerprint density at radius 2 is 1.90 bits per heavy atom. The first-order chi connectivity index (χ1) is 14.6. The number of rotatable bonds is 8. The number of benzene rings is 2. The molecule has 0 atom stereocenters. The zero-order valence-electron chi connectivity index (χ0n) is 17.2. The van der Waals surface area contributed by atoms with Crippen LogP contribution in [0, 0.1) is 13.8 Å². The maximum atomic E-state index is 12.3. The highest BCUT2D eigenvalue weighted by Gasteiger charge is 2.13. The van der Waals surface area contributed by atoms with Crippen molar-refractivity contribution in [3.63, 3.8) is 0 Å². The summed E-state index contributed by atoms with van der Waals surface area (Å²) in [5, 5.41) is 4.89. The predicted octanol–water partition coefficient (Wildman–Crippen LogP) is 5.11. The average Bonchev–Trinajstić information content (AvgIpc) is 3.37. The molecule has 0 aliphatic carbocycles. The van der Waals surface area contributed by atoms with E-state index in [4.69, 9.17) is 9.72 Å². The highest BCUT2D eigenvalue weighted by molar-refractivity contribution is 7.12. The van der Waals surface area contributed by atoms with Crippen molar-refractivity contribution in [1.29, 1.82) is 0 Å². The molecule has 0 fully saturated rings. The second-order valence-corrected chi connectivity index (χ2v) is 8.30. The van der Waals surface area contributed by atoms with Gasteiger partial charge in [0.15, 0.2) is 0 Å². The highest BCUT2D eigenvalue weighted by atomic mass is 32.1. The van der Waals surface area contributed by atoms with Gasteiger partial charge in [0.2, 0.25) is 0 Å². The lowest BCUT2D eigenvalue weighted by Gasteiger charge is -2.12. The number of ether oxygens (including phenoxy) is 1. The average molecular weight is 420 g/mol. The largest absolute Gasteiger partial charge is 0.494 e. The van der Waals surface area contributed by atoms with E-state index in [0.29, 0.717) is 18.0 Å². The van der Waals surface area contributed by atoms with Gasteiger partial charge in [-0.25, -0.2) is 4.98 Å². The van der Waals surface area contributed by atoms with Gasteiger partial charge < -0.3 is 14.6 Å². The Balaban J connectivity index is 1.42. The Hall–Kier alpha value is -3.12. The molecule has 2 aromatic heterocycles. The van der Waals surface area contributed by atoms with Crippen molar-refractivity contribution in [3.05, 3.63) is 81.8 Å². The summed E-state index contributed by atoms with van der Waals surface area (Å²) in [5.41, 5.74) is 4.42. The van der Waals surface area contributed by atoms with Crippen LogP contribution in [0.5, 0.6) is 5.75 Å². The molecule has 0 saturated heterocycles. The molecule has 4 rings (SSSR count). The van der Waals surface area contributed by atoms with E-state index in [1.54, 1.807) is 0 Å². The Bertz CT molecular complexity index is 1130. The van der Waals surface area contributed by atoms with Gasteiger partial charge in [0.25, 0.3) is 5.91 Å². The lowest BCUT2D eigenvalue weighted by Crippen LogP contribution is -2.24. The maximum Gasteiger partial charge on any atom is 0.261 e. The van der Waals surface area contributed by atoms with Crippen LogP contribution in [-0.4, -0.2) is 22.1 Å². The highest BCUT2D eigenvalue weighted by Crippen LogP contribution is 2.19. The fraction of sp³-hybridized carbons (Fsp3) is 0.250. The fourth-order valence-electron chi connectivity index (χ4n) is 3.59. The van der Waals surface area contributed by atoms with Crippen molar-refractivity contribution >= 4 is 28.3 Å². The number of para-hydroxylation sites is 2. The summed E-state index contributed by atoms with van der Waals surface area (Å²) in [6.45, 7) is 5.94. The van der Waals surface area contributed by atoms with E-state index in [1.807, 2.05) is 35.7 Å². The van der Waals surface area contributed by atoms with Gasteiger partial charge in [-0.3, -0.25) is 4.79 Å². The number of carbonyl (C=O) groups is 1. The zero-order chi connectivity index (χ0) is 20.9. The number of hydrogen-bond donors (Lipinski definition) is 1. The van der Waals surface area contributed by atoms with Crippen molar-refractivity contribution < 1.29 is 9.53 Å². The van der Waals surface area contributed by atoms with Crippen molar-refractivity contribution in [1.82, 2.24) is 14.9 Å². The molecule has 2 heterocycles. The maximum absolute atomic E-state index is 12.3.